The Hall–Kier alpha value is -2.19. The summed E-state index contributed by atoms with van der Waals surface area (Å²) >= 11 is 3.07. The molecule has 1 aromatic carbocycles. The number of aromatic nitrogens is 2. The van der Waals surface area contributed by atoms with Crippen molar-refractivity contribution in [2.24, 2.45) is 0 Å². The number of fused-ring (bicyclic) bond motifs is 3. The lowest BCUT2D eigenvalue weighted by Crippen LogP contribution is -2.20. The Kier molecular flexibility index (Phi) is 3.20. The van der Waals surface area contributed by atoms with E-state index in [1.807, 2.05) is 19.1 Å². The van der Waals surface area contributed by atoms with Gasteiger partial charge in [0.1, 0.15) is 19.5 Å². The summed E-state index contributed by atoms with van der Waals surface area (Å²) in [4.78, 5) is 21.0. The summed E-state index contributed by atoms with van der Waals surface area (Å²) in [5.41, 5.74) is 1.81. The second-order valence-corrected chi connectivity index (χ2v) is 6.87. The maximum atomic E-state index is 12.1. The maximum absolute atomic E-state index is 12.1. The van der Waals surface area contributed by atoms with Gasteiger partial charge in [0.25, 0.3) is 5.91 Å². The molecular formula is C14H11N3O3S2. The largest absolute Gasteiger partial charge is 0.494 e. The van der Waals surface area contributed by atoms with Gasteiger partial charge in [0.2, 0.25) is 5.76 Å². The number of ether oxygens (including phenoxy) is 2. The lowest BCUT2D eigenvalue weighted by molar-refractivity contribution is -0.117. The smallest absolute Gasteiger partial charge is 0.295 e. The van der Waals surface area contributed by atoms with Crippen LogP contribution in [0.2, 0.25) is 0 Å². The van der Waals surface area contributed by atoms with Crippen LogP contribution in [-0.4, -0.2) is 29.1 Å². The Bertz CT molecular complexity index is 913. The van der Waals surface area contributed by atoms with Gasteiger partial charge in [0, 0.05) is 0 Å². The monoisotopic (exact) mass is 333 g/mol. The summed E-state index contributed by atoms with van der Waals surface area (Å²) in [7, 11) is 0. The highest BCUT2D eigenvalue weighted by Crippen LogP contribution is 2.35. The van der Waals surface area contributed by atoms with E-state index in [9.17, 15) is 4.79 Å². The van der Waals surface area contributed by atoms with Crippen molar-refractivity contribution >= 4 is 54.1 Å². The number of carbonyl (C=O) groups is 1. The molecule has 0 unspecified atom stereocenters. The SMILES string of the molecule is Cc1nc2ccc3nc(NC(=O)C4=COCCO4)sc3c2s1. The van der Waals surface area contributed by atoms with E-state index >= 15 is 0 Å². The van der Waals surface area contributed by atoms with Crippen molar-refractivity contribution in [2.45, 2.75) is 6.92 Å². The first kappa shape index (κ1) is 13.5. The van der Waals surface area contributed by atoms with Crippen LogP contribution in [0.5, 0.6) is 0 Å². The van der Waals surface area contributed by atoms with Gasteiger partial charge < -0.3 is 9.47 Å². The molecule has 0 atom stereocenters. The van der Waals surface area contributed by atoms with Crippen LogP contribution < -0.4 is 5.32 Å². The molecule has 1 aliphatic rings. The van der Waals surface area contributed by atoms with Crippen molar-refractivity contribution in [1.29, 1.82) is 0 Å². The van der Waals surface area contributed by atoms with Gasteiger partial charge in [-0.2, -0.15) is 0 Å². The van der Waals surface area contributed by atoms with Crippen molar-refractivity contribution in [2.75, 3.05) is 18.5 Å². The minimum Gasteiger partial charge on any atom is -0.494 e. The molecule has 0 radical (unpaired) electrons. The molecule has 8 heteroatoms. The van der Waals surface area contributed by atoms with Crippen molar-refractivity contribution in [3.63, 3.8) is 0 Å². The predicted molar refractivity (Wildman–Crippen MR) is 86.2 cm³/mol. The fourth-order valence-corrected chi connectivity index (χ4v) is 4.19. The fourth-order valence-electron chi connectivity index (χ4n) is 2.18. The topological polar surface area (TPSA) is 73.3 Å². The zero-order valence-corrected chi connectivity index (χ0v) is 13.2. The van der Waals surface area contributed by atoms with Crippen molar-refractivity contribution in [1.82, 2.24) is 9.97 Å². The average Bonchev–Trinajstić information content (AvgIpc) is 3.09. The van der Waals surface area contributed by atoms with Crippen molar-refractivity contribution in [3.05, 3.63) is 29.2 Å². The third kappa shape index (κ3) is 2.30. The number of nitrogens with one attached hydrogen (secondary N) is 1. The molecule has 3 aromatic rings. The summed E-state index contributed by atoms with van der Waals surface area (Å²) in [6.45, 7) is 2.81. The lowest BCUT2D eigenvalue weighted by Gasteiger charge is -2.13. The van der Waals surface area contributed by atoms with E-state index in [-0.39, 0.29) is 11.7 Å². The Labute approximate surface area is 133 Å². The second kappa shape index (κ2) is 5.22. The van der Waals surface area contributed by atoms with E-state index in [1.54, 1.807) is 11.3 Å². The molecule has 0 aliphatic carbocycles. The molecule has 3 heterocycles. The number of amides is 1. The van der Waals surface area contributed by atoms with Gasteiger partial charge in [-0.25, -0.2) is 9.97 Å². The molecule has 2 aromatic heterocycles. The minimum atomic E-state index is -0.351. The first-order chi connectivity index (χ1) is 10.7. The van der Waals surface area contributed by atoms with Gasteiger partial charge in [0.15, 0.2) is 5.13 Å². The van der Waals surface area contributed by atoms with Crippen molar-refractivity contribution in [3.8, 4) is 0 Å². The number of rotatable bonds is 2. The molecule has 112 valence electrons. The van der Waals surface area contributed by atoms with E-state index in [0.717, 1.165) is 25.4 Å². The Morgan fingerprint density at radius 1 is 1.18 bits per heavy atom. The number of nitrogens with zero attached hydrogens (tertiary/aromatic N) is 2. The quantitative estimate of drug-likeness (QED) is 0.780. The normalized spacial score (nSPS) is 14.5. The van der Waals surface area contributed by atoms with Crippen LogP contribution in [0.4, 0.5) is 5.13 Å². The fraction of sp³-hybridized carbons (Fsp3) is 0.214. The summed E-state index contributed by atoms with van der Waals surface area (Å²) in [6, 6.07) is 3.87. The second-order valence-electron chi connectivity index (χ2n) is 4.67. The average molecular weight is 333 g/mol. The molecule has 6 nitrogen and oxygen atoms in total. The highest BCUT2D eigenvalue weighted by Gasteiger charge is 2.18. The van der Waals surface area contributed by atoms with Crippen LogP contribution in [0.3, 0.4) is 0 Å². The molecule has 1 N–H and O–H groups in total. The Morgan fingerprint density at radius 3 is 2.73 bits per heavy atom. The maximum Gasteiger partial charge on any atom is 0.295 e. The Morgan fingerprint density at radius 2 is 1.95 bits per heavy atom. The number of thiazole rings is 2. The third-order valence-corrected chi connectivity index (χ3v) is 5.25. The number of anilines is 1. The van der Waals surface area contributed by atoms with Crippen LogP contribution in [0.1, 0.15) is 5.01 Å². The van der Waals surface area contributed by atoms with E-state index in [1.165, 1.54) is 17.6 Å². The minimum absolute atomic E-state index is 0.171. The highest BCUT2D eigenvalue weighted by atomic mass is 32.1. The van der Waals surface area contributed by atoms with Gasteiger partial charge in [-0.3, -0.25) is 10.1 Å². The first-order valence-corrected chi connectivity index (χ1v) is 8.26. The molecule has 22 heavy (non-hydrogen) atoms. The highest BCUT2D eigenvalue weighted by molar-refractivity contribution is 7.28. The summed E-state index contributed by atoms with van der Waals surface area (Å²) in [5, 5.41) is 4.30. The molecular weight excluding hydrogens is 322 g/mol. The van der Waals surface area contributed by atoms with Gasteiger partial charge in [-0.05, 0) is 19.1 Å². The Balaban J connectivity index is 1.69. The molecule has 0 saturated carbocycles. The first-order valence-electron chi connectivity index (χ1n) is 6.63. The van der Waals surface area contributed by atoms with Crippen LogP contribution in [-0.2, 0) is 14.3 Å². The van der Waals surface area contributed by atoms with E-state index in [4.69, 9.17) is 9.47 Å². The van der Waals surface area contributed by atoms with Gasteiger partial charge in [-0.1, -0.05) is 11.3 Å². The van der Waals surface area contributed by atoms with E-state index < -0.39 is 0 Å². The zero-order chi connectivity index (χ0) is 15.1. The van der Waals surface area contributed by atoms with Gasteiger partial charge >= 0.3 is 0 Å². The summed E-state index contributed by atoms with van der Waals surface area (Å²) < 4.78 is 12.5. The summed E-state index contributed by atoms with van der Waals surface area (Å²) in [5.74, 6) is -0.181. The number of hydrogen-bond donors (Lipinski definition) is 1. The number of carbonyl (C=O) groups excluding carboxylic acids is 1. The standard InChI is InChI=1S/C14H11N3O3S2/c1-7-15-8-2-3-9-12(11(8)21-7)22-14(16-9)17-13(18)10-6-19-4-5-20-10/h2-3,6H,4-5H2,1H3,(H,16,17,18). The van der Waals surface area contributed by atoms with Gasteiger partial charge in [0.05, 0.1) is 25.4 Å². The predicted octanol–water partition coefficient (Wildman–Crippen LogP) is 3.04. The number of benzene rings is 1. The van der Waals surface area contributed by atoms with E-state index in [0.29, 0.717) is 18.3 Å². The van der Waals surface area contributed by atoms with E-state index in [2.05, 4.69) is 15.3 Å². The number of aryl methyl sites for hydroxylation is 1. The lowest BCUT2D eigenvalue weighted by atomic mass is 10.3. The summed E-state index contributed by atoms with van der Waals surface area (Å²) in [6.07, 6.45) is 1.33. The van der Waals surface area contributed by atoms with Crippen LogP contribution >= 0.6 is 22.7 Å². The molecule has 4 rings (SSSR count). The zero-order valence-electron chi connectivity index (χ0n) is 11.6. The molecule has 0 spiro atoms. The molecule has 0 fully saturated rings. The van der Waals surface area contributed by atoms with Gasteiger partial charge in [-0.15, -0.1) is 11.3 Å². The third-order valence-electron chi connectivity index (χ3n) is 3.11. The van der Waals surface area contributed by atoms with Crippen LogP contribution in [0.25, 0.3) is 20.4 Å². The van der Waals surface area contributed by atoms with Crippen LogP contribution in [0.15, 0.2) is 24.2 Å². The number of hydrogen-bond acceptors (Lipinski definition) is 7. The van der Waals surface area contributed by atoms with Crippen LogP contribution in [0, 0.1) is 6.92 Å². The van der Waals surface area contributed by atoms with Crippen molar-refractivity contribution < 1.29 is 14.3 Å². The molecule has 0 saturated heterocycles. The molecule has 0 bridgehead atoms. The molecule has 1 aliphatic heterocycles. The molecule has 1 amide bonds.